The van der Waals surface area contributed by atoms with Crippen LogP contribution in [0, 0.1) is 17.8 Å². The second-order valence-corrected chi connectivity index (χ2v) is 6.19. The van der Waals surface area contributed by atoms with Crippen LogP contribution in [-0.4, -0.2) is 41.1 Å². The van der Waals surface area contributed by atoms with Gasteiger partial charge < -0.3 is 15.3 Å². The molecule has 0 aromatic heterocycles. The Labute approximate surface area is 114 Å². The van der Waals surface area contributed by atoms with Gasteiger partial charge in [0, 0.05) is 12.6 Å². The lowest BCUT2D eigenvalue weighted by molar-refractivity contribution is -0.137. The number of carbonyl (C=O) groups excluding carboxylic acids is 1. The van der Waals surface area contributed by atoms with Crippen molar-refractivity contribution in [3.63, 3.8) is 0 Å². The molecular formula is C14H24N2O3. The zero-order valence-corrected chi connectivity index (χ0v) is 11.8. The number of hydrogen-bond acceptors (Lipinski definition) is 2. The van der Waals surface area contributed by atoms with Crippen LogP contribution >= 0.6 is 0 Å². The van der Waals surface area contributed by atoms with Gasteiger partial charge in [-0.15, -0.1) is 0 Å². The van der Waals surface area contributed by atoms with Gasteiger partial charge in [-0.2, -0.15) is 0 Å². The molecular weight excluding hydrogens is 244 g/mol. The Kier molecular flexibility index (Phi) is 4.32. The highest BCUT2D eigenvalue weighted by molar-refractivity contribution is 5.80. The number of carboxylic acids is 1. The molecule has 0 radical (unpaired) electrons. The molecule has 2 aliphatic rings. The Bertz CT molecular complexity index is 355. The predicted octanol–water partition coefficient (Wildman–Crippen LogP) is 1.93. The normalized spacial score (nSPS) is 30.1. The van der Waals surface area contributed by atoms with E-state index in [4.69, 9.17) is 5.11 Å². The number of rotatable bonds is 5. The first-order valence-electron chi connectivity index (χ1n) is 7.24. The molecule has 2 amide bonds. The fourth-order valence-electron chi connectivity index (χ4n) is 2.81. The summed E-state index contributed by atoms with van der Waals surface area (Å²) in [5.74, 6) is 0.659. The Balaban J connectivity index is 1.88. The topological polar surface area (TPSA) is 69.6 Å². The fourth-order valence-corrected chi connectivity index (χ4v) is 2.81. The summed E-state index contributed by atoms with van der Waals surface area (Å²) >= 11 is 0. The second kappa shape index (κ2) is 5.80. The van der Waals surface area contributed by atoms with Crippen molar-refractivity contribution in [1.82, 2.24) is 10.2 Å². The highest BCUT2D eigenvalue weighted by Gasteiger charge is 2.33. The minimum atomic E-state index is -0.941. The van der Waals surface area contributed by atoms with Crippen LogP contribution in [0.15, 0.2) is 0 Å². The third kappa shape index (κ3) is 3.85. The average Bonchev–Trinajstić information content (AvgIpc) is 3.10. The molecule has 0 aliphatic heterocycles. The lowest BCUT2D eigenvalue weighted by atomic mass is 9.98. The number of aliphatic carboxylic acids is 1. The molecule has 0 aromatic carbocycles. The number of nitrogens with zero attached hydrogens (tertiary/aromatic N) is 1. The smallest absolute Gasteiger partial charge is 0.323 e. The summed E-state index contributed by atoms with van der Waals surface area (Å²) in [5, 5.41) is 11.9. The van der Waals surface area contributed by atoms with Crippen molar-refractivity contribution in [3.05, 3.63) is 0 Å². The maximum Gasteiger partial charge on any atom is 0.323 e. The molecule has 108 valence electrons. The minimum absolute atomic E-state index is 0.193. The molecule has 0 spiro atoms. The summed E-state index contributed by atoms with van der Waals surface area (Å²) in [6.45, 7) is 4.74. The Hall–Kier alpha value is -1.26. The number of amides is 2. The van der Waals surface area contributed by atoms with E-state index in [9.17, 15) is 9.59 Å². The van der Waals surface area contributed by atoms with Gasteiger partial charge >= 0.3 is 12.0 Å². The van der Waals surface area contributed by atoms with Crippen molar-refractivity contribution in [3.8, 4) is 0 Å². The molecule has 2 N–H and O–H groups in total. The van der Waals surface area contributed by atoms with Crippen molar-refractivity contribution >= 4 is 12.0 Å². The van der Waals surface area contributed by atoms with Crippen LogP contribution in [0.2, 0.25) is 0 Å². The van der Waals surface area contributed by atoms with Crippen molar-refractivity contribution in [2.75, 3.05) is 13.1 Å². The second-order valence-electron chi connectivity index (χ2n) is 6.19. The first-order valence-corrected chi connectivity index (χ1v) is 7.24. The van der Waals surface area contributed by atoms with Crippen LogP contribution in [0.25, 0.3) is 0 Å². The van der Waals surface area contributed by atoms with Crippen LogP contribution in [0.1, 0.15) is 39.5 Å². The predicted molar refractivity (Wildman–Crippen MR) is 71.8 cm³/mol. The number of carbonyl (C=O) groups is 2. The summed E-state index contributed by atoms with van der Waals surface area (Å²) in [4.78, 5) is 24.5. The molecule has 0 aromatic rings. The maximum atomic E-state index is 12.2. The van der Waals surface area contributed by atoms with Gasteiger partial charge in [0.25, 0.3) is 0 Å². The lowest BCUT2D eigenvalue weighted by Crippen LogP contribution is -2.48. The van der Waals surface area contributed by atoms with E-state index in [2.05, 4.69) is 19.2 Å². The van der Waals surface area contributed by atoms with E-state index in [1.807, 2.05) is 0 Å². The van der Waals surface area contributed by atoms with Gasteiger partial charge in [0.2, 0.25) is 0 Å². The van der Waals surface area contributed by atoms with E-state index in [0.29, 0.717) is 24.3 Å². The average molecular weight is 268 g/mol. The van der Waals surface area contributed by atoms with Crippen molar-refractivity contribution in [1.29, 1.82) is 0 Å². The number of hydrogen-bond donors (Lipinski definition) is 2. The Morgan fingerprint density at radius 2 is 1.89 bits per heavy atom. The number of urea groups is 1. The molecule has 2 saturated carbocycles. The molecule has 19 heavy (non-hydrogen) atoms. The zero-order chi connectivity index (χ0) is 14.0. The van der Waals surface area contributed by atoms with Gasteiger partial charge in [0.15, 0.2) is 0 Å². The Morgan fingerprint density at radius 3 is 2.37 bits per heavy atom. The van der Waals surface area contributed by atoms with Gasteiger partial charge in [-0.1, -0.05) is 13.8 Å². The van der Waals surface area contributed by atoms with Gasteiger partial charge in [-0.25, -0.2) is 4.79 Å². The summed E-state index contributed by atoms with van der Waals surface area (Å²) in [7, 11) is 0. The van der Waals surface area contributed by atoms with Crippen molar-refractivity contribution in [2.45, 2.75) is 45.6 Å². The molecule has 0 bridgehead atoms. The largest absolute Gasteiger partial charge is 0.480 e. The van der Waals surface area contributed by atoms with Gasteiger partial charge in [-0.3, -0.25) is 4.79 Å². The summed E-state index contributed by atoms with van der Waals surface area (Å²) in [5.41, 5.74) is 0. The molecule has 3 atom stereocenters. The van der Waals surface area contributed by atoms with Gasteiger partial charge in [0.05, 0.1) is 0 Å². The van der Waals surface area contributed by atoms with Crippen LogP contribution in [0.4, 0.5) is 4.79 Å². The number of nitrogens with one attached hydrogen (secondary N) is 1. The van der Waals surface area contributed by atoms with E-state index in [0.717, 1.165) is 25.7 Å². The van der Waals surface area contributed by atoms with Crippen LogP contribution in [0.3, 0.4) is 0 Å². The molecule has 0 heterocycles. The number of carboxylic acid groups (broad SMARTS) is 1. The lowest BCUT2D eigenvalue weighted by Gasteiger charge is -2.26. The van der Waals surface area contributed by atoms with Crippen molar-refractivity contribution < 1.29 is 14.7 Å². The zero-order valence-electron chi connectivity index (χ0n) is 11.8. The molecule has 0 saturated heterocycles. The summed E-state index contributed by atoms with van der Waals surface area (Å²) in [6, 6.07) is -0.0155. The van der Waals surface area contributed by atoms with E-state index in [-0.39, 0.29) is 18.6 Å². The Morgan fingerprint density at radius 1 is 1.21 bits per heavy atom. The molecule has 2 rings (SSSR count). The summed E-state index contributed by atoms with van der Waals surface area (Å²) < 4.78 is 0. The molecule has 5 nitrogen and oxygen atoms in total. The SMILES string of the molecule is CC1CCC(NC(=O)N(CC(=O)O)CC2CC2)C1C. The first-order chi connectivity index (χ1) is 8.97. The molecule has 2 aliphatic carbocycles. The monoisotopic (exact) mass is 268 g/mol. The van der Waals surface area contributed by atoms with E-state index in [1.165, 1.54) is 4.90 Å². The van der Waals surface area contributed by atoms with Crippen molar-refractivity contribution in [2.24, 2.45) is 17.8 Å². The third-order valence-corrected chi connectivity index (χ3v) is 4.56. The van der Waals surface area contributed by atoms with E-state index in [1.54, 1.807) is 0 Å². The van der Waals surface area contributed by atoms with E-state index < -0.39 is 5.97 Å². The summed E-state index contributed by atoms with van der Waals surface area (Å²) in [6.07, 6.45) is 4.35. The molecule has 3 unspecified atom stereocenters. The van der Waals surface area contributed by atoms with Crippen LogP contribution in [0.5, 0.6) is 0 Å². The van der Waals surface area contributed by atoms with Crippen LogP contribution in [-0.2, 0) is 4.79 Å². The molecule has 2 fully saturated rings. The van der Waals surface area contributed by atoms with Gasteiger partial charge in [-0.05, 0) is 43.4 Å². The fraction of sp³-hybridized carbons (Fsp3) is 0.857. The van der Waals surface area contributed by atoms with Crippen LogP contribution < -0.4 is 5.32 Å². The first kappa shape index (κ1) is 14.2. The van der Waals surface area contributed by atoms with Gasteiger partial charge in [0.1, 0.15) is 6.54 Å². The molecule has 5 heteroatoms. The minimum Gasteiger partial charge on any atom is -0.480 e. The highest BCUT2D eigenvalue weighted by atomic mass is 16.4. The highest BCUT2D eigenvalue weighted by Crippen LogP contribution is 2.32. The maximum absolute atomic E-state index is 12.2. The quantitative estimate of drug-likeness (QED) is 0.800. The third-order valence-electron chi connectivity index (χ3n) is 4.56. The van der Waals surface area contributed by atoms with E-state index >= 15 is 0 Å². The standard InChI is InChI=1S/C14H24N2O3/c1-9-3-6-12(10(9)2)15-14(19)16(8-13(17)18)7-11-4-5-11/h9-12H,3-8H2,1-2H3,(H,15,19)(H,17,18).